The van der Waals surface area contributed by atoms with Gasteiger partial charge >= 0.3 is 0 Å². The fourth-order valence-corrected chi connectivity index (χ4v) is 5.36. The van der Waals surface area contributed by atoms with Gasteiger partial charge in [-0.05, 0) is 55.5 Å². The molecular weight excluding hydrogens is 460 g/mol. The highest BCUT2D eigenvalue weighted by Gasteiger charge is 2.30. The molecule has 1 heterocycles. The van der Waals surface area contributed by atoms with Crippen molar-refractivity contribution in [2.75, 3.05) is 11.9 Å². The minimum absolute atomic E-state index is 0.0590. The van der Waals surface area contributed by atoms with Crippen LogP contribution in [-0.4, -0.2) is 31.8 Å². The van der Waals surface area contributed by atoms with Crippen LogP contribution in [0.25, 0.3) is 0 Å². The second-order valence-electron chi connectivity index (χ2n) is 7.82. The summed E-state index contributed by atoms with van der Waals surface area (Å²) in [4.78, 5) is 31.0. The predicted octanol–water partition coefficient (Wildman–Crippen LogP) is 2.82. The van der Waals surface area contributed by atoms with Gasteiger partial charge in [0, 0.05) is 17.0 Å². The van der Waals surface area contributed by atoms with E-state index in [1.165, 1.54) is 23.5 Å². The van der Waals surface area contributed by atoms with Gasteiger partial charge in [-0.25, -0.2) is 18.5 Å². The van der Waals surface area contributed by atoms with Gasteiger partial charge < -0.3 is 5.32 Å². The lowest BCUT2D eigenvalue weighted by Gasteiger charge is -2.20. The van der Waals surface area contributed by atoms with Crippen LogP contribution in [0.3, 0.4) is 0 Å². The number of nitrogens with one attached hydrogen (secondary N) is 2. The van der Waals surface area contributed by atoms with Crippen LogP contribution in [0.1, 0.15) is 45.3 Å². The molecule has 33 heavy (non-hydrogen) atoms. The molecule has 0 aliphatic heterocycles. The summed E-state index contributed by atoms with van der Waals surface area (Å²) in [6.07, 6.45) is 2.99. The highest BCUT2D eigenvalue weighted by atomic mass is 32.2. The van der Waals surface area contributed by atoms with Crippen molar-refractivity contribution in [3.05, 3.63) is 76.3 Å². The first-order valence-electron chi connectivity index (χ1n) is 10.6. The zero-order chi connectivity index (χ0) is 23.4. The van der Waals surface area contributed by atoms with Gasteiger partial charge in [0.2, 0.25) is 15.9 Å². The van der Waals surface area contributed by atoms with E-state index in [4.69, 9.17) is 5.14 Å². The Morgan fingerprint density at radius 3 is 2.52 bits per heavy atom. The molecule has 172 valence electrons. The Labute approximate surface area is 196 Å². The molecule has 0 saturated heterocycles. The maximum atomic E-state index is 12.9. The van der Waals surface area contributed by atoms with Gasteiger partial charge in [-0.2, -0.15) is 0 Å². The van der Waals surface area contributed by atoms with Crippen LogP contribution in [-0.2, 0) is 27.7 Å². The van der Waals surface area contributed by atoms with Crippen LogP contribution in [0.15, 0.2) is 59.5 Å². The zero-order valence-electron chi connectivity index (χ0n) is 17.8. The molecule has 1 aromatic heterocycles. The molecule has 4 rings (SSSR count). The quantitative estimate of drug-likeness (QED) is 0.475. The maximum Gasteiger partial charge on any atom is 0.257 e. The Morgan fingerprint density at radius 1 is 1.09 bits per heavy atom. The Kier molecular flexibility index (Phi) is 6.87. The summed E-state index contributed by atoms with van der Waals surface area (Å²) in [5, 5.41) is 11.4. The molecule has 1 atom stereocenters. The summed E-state index contributed by atoms with van der Waals surface area (Å²) >= 11 is 1.42. The molecule has 2 amide bonds. The molecule has 1 aliphatic rings. The summed E-state index contributed by atoms with van der Waals surface area (Å²) in [7, 11) is -3.72. The molecule has 0 bridgehead atoms. The number of aryl methyl sites for hydroxylation is 1. The number of rotatable bonds is 7. The topological polar surface area (TPSA) is 131 Å². The molecule has 0 fully saturated rings. The van der Waals surface area contributed by atoms with Crippen LogP contribution in [0, 0.1) is 0 Å². The Balaban J connectivity index is 1.36. The second kappa shape index (κ2) is 9.82. The van der Waals surface area contributed by atoms with Crippen LogP contribution < -0.4 is 15.8 Å². The van der Waals surface area contributed by atoms with E-state index in [9.17, 15) is 18.0 Å². The lowest BCUT2D eigenvalue weighted by atomic mass is 9.90. The Bertz CT molecular complexity index is 1260. The molecule has 10 heteroatoms. The normalized spacial score (nSPS) is 15.5. The Morgan fingerprint density at radius 2 is 1.82 bits per heavy atom. The van der Waals surface area contributed by atoms with Gasteiger partial charge in [0.05, 0.1) is 16.5 Å². The largest absolute Gasteiger partial charge is 0.355 e. The van der Waals surface area contributed by atoms with E-state index in [1.54, 1.807) is 36.4 Å². The number of hydrogen-bond acceptors (Lipinski definition) is 6. The second-order valence-corrected chi connectivity index (χ2v) is 10.5. The van der Waals surface area contributed by atoms with E-state index in [-0.39, 0.29) is 22.6 Å². The smallest absolute Gasteiger partial charge is 0.257 e. The van der Waals surface area contributed by atoms with Crippen molar-refractivity contribution in [2.45, 2.75) is 36.5 Å². The number of fused-ring (bicyclic) bond motifs is 1. The first-order valence-corrected chi connectivity index (χ1v) is 12.9. The number of anilines is 1. The Hall–Kier alpha value is -3.08. The minimum atomic E-state index is -3.72. The number of nitrogens with zero attached hydrogens (tertiary/aromatic N) is 1. The summed E-state index contributed by atoms with van der Waals surface area (Å²) in [5.41, 5.74) is 2.19. The number of carbonyl (C=O) groups is 2. The zero-order valence-corrected chi connectivity index (χ0v) is 19.4. The van der Waals surface area contributed by atoms with Gasteiger partial charge in [-0.3, -0.25) is 14.9 Å². The molecule has 4 N–H and O–H groups in total. The van der Waals surface area contributed by atoms with E-state index in [0.29, 0.717) is 30.1 Å². The molecule has 3 aromatic rings. The van der Waals surface area contributed by atoms with Crippen molar-refractivity contribution in [2.24, 2.45) is 5.14 Å². The highest BCUT2D eigenvalue weighted by molar-refractivity contribution is 7.89. The number of amides is 2. The first-order chi connectivity index (χ1) is 15.8. The number of benzene rings is 2. The van der Waals surface area contributed by atoms with Crippen molar-refractivity contribution in [1.29, 1.82) is 0 Å². The summed E-state index contributed by atoms with van der Waals surface area (Å²) in [5.74, 6) is -0.670. The van der Waals surface area contributed by atoms with Crippen molar-refractivity contribution < 1.29 is 18.0 Å². The standard InChI is InChI=1S/C23H24N4O4S2/c24-33(30,31)17-11-9-15(10-12-17)13-14-25-22(29)18-7-4-8-19-20(18)26-23(32-19)27-21(28)16-5-2-1-3-6-16/h1-3,5-6,9-12,18H,4,7-8,13-14H2,(H,25,29)(H2,24,30,31)(H,26,27,28). The van der Waals surface area contributed by atoms with E-state index in [1.807, 2.05) is 6.07 Å². The molecule has 0 saturated carbocycles. The molecular formula is C23H24N4O4S2. The molecule has 0 spiro atoms. The van der Waals surface area contributed by atoms with Crippen LogP contribution in [0.2, 0.25) is 0 Å². The summed E-state index contributed by atoms with van der Waals surface area (Å²) < 4.78 is 22.7. The van der Waals surface area contributed by atoms with E-state index in [0.717, 1.165) is 29.0 Å². The highest BCUT2D eigenvalue weighted by Crippen LogP contribution is 2.37. The number of hydrogen-bond donors (Lipinski definition) is 3. The van der Waals surface area contributed by atoms with Crippen LogP contribution in [0.5, 0.6) is 0 Å². The van der Waals surface area contributed by atoms with Gasteiger partial charge in [0.1, 0.15) is 0 Å². The van der Waals surface area contributed by atoms with Crippen LogP contribution >= 0.6 is 11.3 Å². The number of primary sulfonamides is 1. The number of sulfonamides is 1. The number of aromatic nitrogens is 1. The van der Waals surface area contributed by atoms with Crippen molar-refractivity contribution in [1.82, 2.24) is 10.3 Å². The lowest BCUT2D eigenvalue weighted by Crippen LogP contribution is -2.32. The lowest BCUT2D eigenvalue weighted by molar-refractivity contribution is -0.122. The van der Waals surface area contributed by atoms with Gasteiger partial charge in [0.25, 0.3) is 5.91 Å². The van der Waals surface area contributed by atoms with Crippen molar-refractivity contribution in [3.8, 4) is 0 Å². The van der Waals surface area contributed by atoms with E-state index < -0.39 is 10.0 Å². The molecule has 8 nitrogen and oxygen atoms in total. The predicted molar refractivity (Wildman–Crippen MR) is 127 cm³/mol. The molecule has 1 aliphatic carbocycles. The summed E-state index contributed by atoms with van der Waals surface area (Å²) in [6.45, 7) is 0.418. The average Bonchev–Trinajstić information content (AvgIpc) is 3.21. The fourth-order valence-electron chi connectivity index (χ4n) is 3.78. The van der Waals surface area contributed by atoms with E-state index in [2.05, 4.69) is 15.6 Å². The third-order valence-corrected chi connectivity index (χ3v) is 7.47. The molecule has 0 radical (unpaired) electrons. The fraction of sp³-hybridized carbons (Fsp3) is 0.261. The van der Waals surface area contributed by atoms with E-state index >= 15 is 0 Å². The van der Waals surface area contributed by atoms with Crippen molar-refractivity contribution in [3.63, 3.8) is 0 Å². The summed E-state index contributed by atoms with van der Waals surface area (Å²) in [6, 6.07) is 15.2. The van der Waals surface area contributed by atoms with Crippen molar-refractivity contribution >= 4 is 38.3 Å². The SMILES string of the molecule is NS(=O)(=O)c1ccc(CCNC(=O)C2CCCc3sc(NC(=O)c4ccccc4)nc32)cc1. The van der Waals surface area contributed by atoms with Crippen LogP contribution in [0.4, 0.5) is 5.13 Å². The first kappa shape index (κ1) is 23.1. The van der Waals surface area contributed by atoms with Gasteiger partial charge in [-0.1, -0.05) is 30.3 Å². The monoisotopic (exact) mass is 484 g/mol. The number of nitrogens with two attached hydrogens (primary N) is 1. The third-order valence-electron chi connectivity index (χ3n) is 5.49. The molecule has 2 aromatic carbocycles. The maximum absolute atomic E-state index is 12.9. The van der Waals surface area contributed by atoms with Gasteiger partial charge in [-0.15, -0.1) is 11.3 Å². The molecule has 1 unspecified atom stereocenters. The average molecular weight is 485 g/mol. The third kappa shape index (κ3) is 5.65. The number of carbonyl (C=O) groups excluding carboxylic acids is 2. The van der Waals surface area contributed by atoms with Gasteiger partial charge in [0.15, 0.2) is 5.13 Å². The number of thiazole rings is 1. The minimum Gasteiger partial charge on any atom is -0.355 e.